The molecule has 0 saturated carbocycles. The molecule has 0 radical (unpaired) electrons. The summed E-state index contributed by atoms with van der Waals surface area (Å²) in [7, 11) is 0. The average Bonchev–Trinajstić information content (AvgIpc) is 2.98. The molecule has 2 nitrogen and oxygen atoms in total. The maximum absolute atomic E-state index is 9.20. The summed E-state index contributed by atoms with van der Waals surface area (Å²) in [5.41, 5.74) is 1.75. The Morgan fingerprint density at radius 3 is 2.00 bits per heavy atom. The number of hydrogen-bond donors (Lipinski definition) is 0. The normalized spacial score (nSPS) is 8.90. The summed E-state index contributed by atoms with van der Waals surface area (Å²) in [6, 6.07) is 18.0. The van der Waals surface area contributed by atoms with E-state index in [2.05, 4.69) is 4.98 Å². The van der Waals surface area contributed by atoms with E-state index in [0.29, 0.717) is 5.69 Å². The van der Waals surface area contributed by atoms with Crippen molar-refractivity contribution in [3.05, 3.63) is 59.6 Å². The van der Waals surface area contributed by atoms with E-state index in [0.717, 1.165) is 20.5 Å². The van der Waals surface area contributed by atoms with Crippen LogP contribution in [0.1, 0.15) is 27.7 Å². The van der Waals surface area contributed by atoms with E-state index in [-0.39, 0.29) is 0 Å². The number of hydrogen-bond acceptors (Lipinski definition) is 2. The lowest BCUT2D eigenvalue weighted by Gasteiger charge is -1.91. The van der Waals surface area contributed by atoms with E-state index in [4.69, 9.17) is 0 Å². The highest BCUT2D eigenvalue weighted by molar-refractivity contribution is 7.23. The molecule has 0 aliphatic heterocycles. The highest BCUT2D eigenvalue weighted by atomic mass is 32.1. The first kappa shape index (κ1) is 16.9. The van der Waals surface area contributed by atoms with Crippen molar-refractivity contribution in [2.75, 3.05) is 0 Å². The zero-order chi connectivity index (χ0) is 15.7. The van der Waals surface area contributed by atoms with Gasteiger partial charge in [0.25, 0.3) is 0 Å². The van der Waals surface area contributed by atoms with Crippen molar-refractivity contribution in [3.63, 3.8) is 0 Å². The van der Waals surface area contributed by atoms with Crippen molar-refractivity contribution in [1.29, 1.82) is 5.39 Å². The van der Waals surface area contributed by atoms with Crippen molar-refractivity contribution in [2.45, 2.75) is 27.7 Å². The van der Waals surface area contributed by atoms with Crippen LogP contribution in [0, 0.1) is 5.39 Å². The molecule has 0 saturated heterocycles. The molecule has 1 aromatic heterocycles. The molecule has 0 amide bonds. The van der Waals surface area contributed by atoms with Gasteiger partial charge in [0.1, 0.15) is 4.88 Å². The quantitative estimate of drug-likeness (QED) is 0.440. The lowest BCUT2D eigenvalue weighted by molar-refractivity contribution is 1.48. The molecule has 0 atom stereocenters. The van der Waals surface area contributed by atoms with Crippen molar-refractivity contribution in [2.24, 2.45) is 0 Å². The summed E-state index contributed by atoms with van der Waals surface area (Å²) >= 11 is 1.65. The number of rotatable bonds is 1. The van der Waals surface area contributed by atoms with Crippen LogP contribution in [0.2, 0.25) is 0 Å². The number of thiophene rings is 1. The molecule has 2 aromatic carbocycles. The Kier molecular flexibility index (Phi) is 7.14. The first-order valence-corrected chi connectivity index (χ1v) is 8.14. The van der Waals surface area contributed by atoms with Gasteiger partial charge >= 0.3 is 5.69 Å². The molecule has 3 aromatic rings. The third-order valence-electron chi connectivity index (χ3n) is 2.71. The van der Waals surface area contributed by atoms with Crippen molar-refractivity contribution in [1.82, 2.24) is 0 Å². The fourth-order valence-corrected chi connectivity index (χ4v) is 3.06. The number of fused-ring (bicyclic) bond motifs is 1. The monoisotopic (exact) mass is 297 g/mol. The second-order valence-corrected chi connectivity index (χ2v) is 4.79. The molecule has 0 aliphatic rings. The van der Waals surface area contributed by atoms with Gasteiger partial charge in [0.05, 0.1) is 5.39 Å². The summed E-state index contributed by atoms with van der Waals surface area (Å²) in [5, 5.41) is 10.2. The molecular weight excluding hydrogens is 276 g/mol. The molecule has 0 unspecified atom stereocenters. The highest BCUT2D eigenvalue weighted by Gasteiger charge is 2.23. The van der Waals surface area contributed by atoms with Crippen LogP contribution in [0.3, 0.4) is 0 Å². The fourth-order valence-electron chi connectivity index (χ4n) is 1.92. The van der Waals surface area contributed by atoms with E-state index < -0.39 is 0 Å². The topological polar surface area (TPSA) is 28.1 Å². The Morgan fingerprint density at radius 1 is 0.810 bits per heavy atom. The predicted molar refractivity (Wildman–Crippen MR) is 94.7 cm³/mol. The first-order chi connectivity index (χ1) is 10.4. The van der Waals surface area contributed by atoms with Crippen LogP contribution < -0.4 is 0 Å². The summed E-state index contributed by atoms with van der Waals surface area (Å²) in [6.07, 6.45) is 0. The third-order valence-corrected chi connectivity index (χ3v) is 3.91. The van der Waals surface area contributed by atoms with Crippen LogP contribution in [0.25, 0.3) is 25.5 Å². The SMILES string of the molecule is CC.CC.N#[N+]c1c(-c2ccccc2)sc2ccccc12. The summed E-state index contributed by atoms with van der Waals surface area (Å²) < 4.78 is 1.14. The van der Waals surface area contributed by atoms with Gasteiger partial charge in [-0.3, -0.25) is 0 Å². The van der Waals surface area contributed by atoms with Gasteiger partial charge < -0.3 is 0 Å². The molecule has 3 heteroatoms. The van der Waals surface area contributed by atoms with Gasteiger partial charge in [-0.25, -0.2) is 0 Å². The smallest absolute Gasteiger partial charge is 0.127 e. The molecule has 3 rings (SSSR count). The van der Waals surface area contributed by atoms with E-state index in [1.165, 1.54) is 0 Å². The van der Waals surface area contributed by atoms with Crippen LogP contribution in [0.5, 0.6) is 0 Å². The molecular formula is C18H21N2S+. The summed E-state index contributed by atoms with van der Waals surface area (Å²) in [4.78, 5) is 4.45. The molecule has 0 fully saturated rings. The zero-order valence-electron chi connectivity index (χ0n) is 13.0. The van der Waals surface area contributed by atoms with Crippen LogP contribution in [0.15, 0.2) is 54.6 Å². The Bertz CT molecular complexity index is 709. The Balaban J connectivity index is 0.000000510. The van der Waals surface area contributed by atoms with Crippen molar-refractivity contribution < 1.29 is 0 Å². The molecule has 0 bridgehead atoms. The van der Waals surface area contributed by atoms with Gasteiger partial charge in [-0.1, -0.05) is 70.2 Å². The number of benzene rings is 2. The van der Waals surface area contributed by atoms with Crippen molar-refractivity contribution >= 4 is 27.1 Å². The second kappa shape index (κ2) is 8.89. The minimum Gasteiger partial charge on any atom is -0.127 e. The number of diazo groups is 1. The van der Waals surface area contributed by atoms with Gasteiger partial charge in [-0.2, -0.15) is 0 Å². The zero-order valence-corrected chi connectivity index (χ0v) is 13.8. The van der Waals surface area contributed by atoms with E-state index in [9.17, 15) is 5.39 Å². The summed E-state index contributed by atoms with van der Waals surface area (Å²) in [6.45, 7) is 8.00. The summed E-state index contributed by atoms with van der Waals surface area (Å²) in [5.74, 6) is 0. The number of nitrogens with zero attached hydrogens (tertiary/aromatic N) is 2. The lowest BCUT2D eigenvalue weighted by atomic mass is 10.1. The molecule has 108 valence electrons. The van der Waals surface area contributed by atoms with Crippen molar-refractivity contribution in [3.8, 4) is 10.4 Å². The maximum Gasteiger partial charge on any atom is 0.411 e. The first-order valence-electron chi connectivity index (χ1n) is 7.32. The molecule has 1 heterocycles. The van der Waals surface area contributed by atoms with Crippen LogP contribution in [-0.4, -0.2) is 0 Å². The third kappa shape index (κ3) is 3.68. The fraction of sp³-hybridized carbons (Fsp3) is 0.222. The molecule has 0 N–H and O–H groups in total. The van der Waals surface area contributed by atoms with Gasteiger partial charge in [-0.15, -0.1) is 11.3 Å². The lowest BCUT2D eigenvalue weighted by Crippen LogP contribution is -1.69. The highest BCUT2D eigenvalue weighted by Crippen LogP contribution is 2.44. The van der Waals surface area contributed by atoms with Crippen LogP contribution in [-0.2, 0) is 0 Å². The van der Waals surface area contributed by atoms with E-state index in [1.807, 2.05) is 82.3 Å². The van der Waals surface area contributed by atoms with Gasteiger partial charge in [-0.05, 0) is 17.7 Å². The molecule has 0 aliphatic carbocycles. The second-order valence-electron chi connectivity index (χ2n) is 3.74. The Morgan fingerprint density at radius 2 is 1.38 bits per heavy atom. The minimum absolute atomic E-state index is 0.664. The van der Waals surface area contributed by atoms with Gasteiger partial charge in [0.2, 0.25) is 5.39 Å². The van der Waals surface area contributed by atoms with E-state index in [1.54, 1.807) is 11.3 Å². The maximum atomic E-state index is 9.20. The average molecular weight is 297 g/mol. The minimum atomic E-state index is 0.664. The molecule has 21 heavy (non-hydrogen) atoms. The van der Waals surface area contributed by atoms with Crippen LogP contribution >= 0.6 is 11.3 Å². The van der Waals surface area contributed by atoms with Crippen LogP contribution in [0.4, 0.5) is 5.69 Å². The predicted octanol–water partition coefficient (Wildman–Crippen LogP) is 7.11. The van der Waals surface area contributed by atoms with Gasteiger partial charge in [0.15, 0.2) is 4.98 Å². The largest absolute Gasteiger partial charge is 0.411 e. The van der Waals surface area contributed by atoms with E-state index >= 15 is 0 Å². The molecule has 0 spiro atoms. The Labute approximate surface area is 130 Å². The van der Waals surface area contributed by atoms with Gasteiger partial charge in [0, 0.05) is 4.70 Å². The standard InChI is InChI=1S/C14H9N2S.2C2H6/c15-16-13-11-8-4-5-9-12(11)17-14(13)10-6-2-1-3-7-10;2*1-2/h1-9H;2*1-2H3/q+1;;. The Hall–Kier alpha value is -2.18.